The third kappa shape index (κ3) is 3.95. The number of rotatable bonds is 5. The van der Waals surface area contributed by atoms with Crippen LogP contribution < -0.4 is 5.73 Å². The quantitative estimate of drug-likeness (QED) is 0.864. The Bertz CT molecular complexity index is 393. The molecule has 4 heteroatoms. The lowest BCUT2D eigenvalue weighted by Gasteiger charge is -2.14. The highest BCUT2D eigenvalue weighted by Crippen LogP contribution is 2.27. The Morgan fingerprint density at radius 3 is 3.00 bits per heavy atom. The Balaban J connectivity index is 1.79. The summed E-state index contributed by atoms with van der Waals surface area (Å²) in [6.45, 7) is 0.930. The minimum atomic E-state index is 0.0667. The van der Waals surface area contributed by atoms with E-state index in [1.54, 1.807) is 0 Å². The Morgan fingerprint density at radius 1 is 1.50 bits per heavy atom. The van der Waals surface area contributed by atoms with Crippen LogP contribution in [0, 0.1) is 0 Å². The molecule has 1 aliphatic heterocycles. The third-order valence-electron chi connectivity index (χ3n) is 3.44. The largest absolute Gasteiger partial charge is 0.378 e. The van der Waals surface area contributed by atoms with Crippen LogP contribution in [0.4, 0.5) is 0 Å². The Labute approximate surface area is 122 Å². The predicted molar refractivity (Wildman–Crippen MR) is 78.9 cm³/mol. The number of ether oxygens (including phenoxy) is 1. The molecule has 1 aromatic carbocycles. The van der Waals surface area contributed by atoms with Crippen LogP contribution in [-0.2, 0) is 4.74 Å². The first kappa shape index (κ1) is 14.3. The van der Waals surface area contributed by atoms with Crippen LogP contribution in [0.3, 0.4) is 0 Å². The lowest BCUT2D eigenvalue weighted by molar-refractivity contribution is 0.101. The molecule has 0 bridgehead atoms. The highest BCUT2D eigenvalue weighted by molar-refractivity contribution is 9.10. The van der Waals surface area contributed by atoms with E-state index in [0.717, 1.165) is 40.9 Å². The summed E-state index contributed by atoms with van der Waals surface area (Å²) < 4.78 is 6.52. The van der Waals surface area contributed by atoms with Gasteiger partial charge in [-0.3, -0.25) is 0 Å². The van der Waals surface area contributed by atoms with Crippen molar-refractivity contribution in [3.8, 4) is 0 Å². The van der Waals surface area contributed by atoms with E-state index < -0.39 is 0 Å². The standard InChI is InChI=1S/C14H19BrClNO/c15-12-7-6-10(9-13(12)16)14(17)5-1-3-11-4-2-8-18-11/h6-7,9,11,14H,1-5,8,17H2. The minimum absolute atomic E-state index is 0.0667. The van der Waals surface area contributed by atoms with Gasteiger partial charge < -0.3 is 10.5 Å². The Morgan fingerprint density at radius 2 is 2.33 bits per heavy atom. The van der Waals surface area contributed by atoms with Gasteiger partial charge in [-0.15, -0.1) is 0 Å². The van der Waals surface area contributed by atoms with E-state index in [1.165, 1.54) is 12.8 Å². The van der Waals surface area contributed by atoms with E-state index in [-0.39, 0.29) is 6.04 Å². The van der Waals surface area contributed by atoms with Gasteiger partial charge in [-0.2, -0.15) is 0 Å². The minimum Gasteiger partial charge on any atom is -0.378 e. The third-order valence-corrected chi connectivity index (χ3v) is 4.67. The van der Waals surface area contributed by atoms with Gasteiger partial charge in [-0.1, -0.05) is 17.7 Å². The number of hydrogen-bond acceptors (Lipinski definition) is 2. The summed E-state index contributed by atoms with van der Waals surface area (Å²) in [4.78, 5) is 0. The second-order valence-electron chi connectivity index (χ2n) is 4.85. The van der Waals surface area contributed by atoms with Gasteiger partial charge in [0.25, 0.3) is 0 Å². The van der Waals surface area contributed by atoms with Gasteiger partial charge in [0, 0.05) is 17.1 Å². The van der Waals surface area contributed by atoms with E-state index in [9.17, 15) is 0 Å². The molecule has 1 aromatic rings. The van der Waals surface area contributed by atoms with Crippen molar-refractivity contribution in [2.75, 3.05) is 6.61 Å². The average Bonchev–Trinajstić information content (AvgIpc) is 2.85. The number of hydrogen-bond donors (Lipinski definition) is 1. The molecule has 1 fully saturated rings. The van der Waals surface area contributed by atoms with Gasteiger partial charge in [0.15, 0.2) is 0 Å². The first-order valence-electron chi connectivity index (χ1n) is 6.49. The van der Waals surface area contributed by atoms with Crippen molar-refractivity contribution in [1.82, 2.24) is 0 Å². The number of halogens is 2. The van der Waals surface area contributed by atoms with Crippen molar-refractivity contribution in [3.63, 3.8) is 0 Å². The van der Waals surface area contributed by atoms with E-state index in [1.807, 2.05) is 18.2 Å². The average molecular weight is 333 g/mol. The van der Waals surface area contributed by atoms with Gasteiger partial charge in [0.05, 0.1) is 11.1 Å². The SMILES string of the molecule is NC(CCCC1CCCO1)c1ccc(Br)c(Cl)c1. The summed E-state index contributed by atoms with van der Waals surface area (Å²) in [5, 5.41) is 0.724. The molecule has 18 heavy (non-hydrogen) atoms. The molecule has 2 atom stereocenters. The van der Waals surface area contributed by atoms with E-state index >= 15 is 0 Å². The van der Waals surface area contributed by atoms with Crippen molar-refractivity contribution in [3.05, 3.63) is 33.3 Å². The van der Waals surface area contributed by atoms with Crippen LogP contribution in [0.2, 0.25) is 5.02 Å². The van der Waals surface area contributed by atoms with E-state index in [4.69, 9.17) is 22.1 Å². The second-order valence-corrected chi connectivity index (χ2v) is 6.11. The molecular weight excluding hydrogens is 314 g/mol. The fourth-order valence-electron chi connectivity index (χ4n) is 2.35. The maximum Gasteiger partial charge on any atom is 0.0576 e. The zero-order valence-electron chi connectivity index (χ0n) is 10.4. The van der Waals surface area contributed by atoms with Gasteiger partial charge in [-0.05, 0) is 65.7 Å². The van der Waals surface area contributed by atoms with Crippen LogP contribution in [-0.4, -0.2) is 12.7 Å². The van der Waals surface area contributed by atoms with E-state index in [0.29, 0.717) is 6.10 Å². The van der Waals surface area contributed by atoms with Crippen LogP contribution in [0.15, 0.2) is 22.7 Å². The Hall–Kier alpha value is -0.0900. The summed E-state index contributed by atoms with van der Waals surface area (Å²) >= 11 is 9.46. The molecule has 2 rings (SSSR count). The summed E-state index contributed by atoms with van der Waals surface area (Å²) in [5.74, 6) is 0. The molecule has 2 N–H and O–H groups in total. The summed E-state index contributed by atoms with van der Waals surface area (Å²) in [6, 6.07) is 6.00. The van der Waals surface area contributed by atoms with Gasteiger partial charge in [0.2, 0.25) is 0 Å². The smallest absolute Gasteiger partial charge is 0.0576 e. The summed E-state index contributed by atoms with van der Waals surface area (Å²) in [5.41, 5.74) is 7.29. The lowest BCUT2D eigenvalue weighted by atomic mass is 10.00. The molecule has 0 aromatic heterocycles. The maximum absolute atomic E-state index is 6.18. The molecular formula is C14H19BrClNO. The van der Waals surface area contributed by atoms with E-state index in [2.05, 4.69) is 15.9 Å². The highest BCUT2D eigenvalue weighted by atomic mass is 79.9. The zero-order chi connectivity index (χ0) is 13.0. The van der Waals surface area contributed by atoms with Crippen molar-refractivity contribution < 1.29 is 4.74 Å². The summed E-state index contributed by atoms with van der Waals surface area (Å²) in [6.07, 6.45) is 6.10. The summed E-state index contributed by atoms with van der Waals surface area (Å²) in [7, 11) is 0. The fourth-order valence-corrected chi connectivity index (χ4v) is 2.78. The molecule has 1 aliphatic rings. The van der Waals surface area contributed by atoms with Crippen LogP contribution in [0.25, 0.3) is 0 Å². The maximum atomic E-state index is 6.18. The van der Waals surface area contributed by atoms with Gasteiger partial charge >= 0.3 is 0 Å². The molecule has 0 aliphatic carbocycles. The highest BCUT2D eigenvalue weighted by Gasteiger charge is 2.16. The Kier molecular flexibility index (Phi) is 5.49. The number of benzene rings is 1. The lowest BCUT2D eigenvalue weighted by Crippen LogP contribution is -2.12. The topological polar surface area (TPSA) is 35.2 Å². The molecule has 0 radical (unpaired) electrons. The van der Waals surface area contributed by atoms with Crippen LogP contribution in [0.1, 0.15) is 43.7 Å². The molecule has 0 amide bonds. The monoisotopic (exact) mass is 331 g/mol. The molecule has 2 unspecified atom stereocenters. The molecule has 0 spiro atoms. The first-order chi connectivity index (χ1) is 8.66. The van der Waals surface area contributed by atoms with Crippen molar-refractivity contribution in [2.24, 2.45) is 5.73 Å². The van der Waals surface area contributed by atoms with Crippen LogP contribution >= 0.6 is 27.5 Å². The van der Waals surface area contributed by atoms with Crippen molar-refractivity contribution in [2.45, 2.75) is 44.2 Å². The second kappa shape index (κ2) is 6.90. The van der Waals surface area contributed by atoms with Gasteiger partial charge in [-0.25, -0.2) is 0 Å². The molecule has 1 saturated heterocycles. The van der Waals surface area contributed by atoms with Crippen molar-refractivity contribution in [1.29, 1.82) is 0 Å². The first-order valence-corrected chi connectivity index (χ1v) is 7.66. The number of nitrogens with two attached hydrogens (primary N) is 1. The molecule has 0 saturated carbocycles. The molecule has 2 nitrogen and oxygen atoms in total. The van der Waals surface area contributed by atoms with Crippen LogP contribution in [0.5, 0.6) is 0 Å². The molecule has 100 valence electrons. The predicted octanol–water partition coefficient (Wildman–Crippen LogP) is 4.45. The van der Waals surface area contributed by atoms with Gasteiger partial charge in [0.1, 0.15) is 0 Å². The molecule has 1 heterocycles. The van der Waals surface area contributed by atoms with Crippen molar-refractivity contribution >= 4 is 27.5 Å². The normalized spacial score (nSPS) is 21.2. The fraction of sp³-hybridized carbons (Fsp3) is 0.571. The zero-order valence-corrected chi connectivity index (χ0v) is 12.7.